The van der Waals surface area contributed by atoms with Gasteiger partial charge in [0, 0.05) is 4.88 Å². The highest BCUT2D eigenvalue weighted by Crippen LogP contribution is 2.28. The normalized spacial score (nSPS) is 14.0. The molecular weight excluding hydrogens is 300 g/mol. The fraction of sp³-hybridized carbons (Fsp3) is 0.375. The molecule has 0 atom stereocenters. The number of fused-ring (bicyclic) bond motifs is 1. The molecule has 2 aromatic heterocycles. The second-order valence-corrected chi connectivity index (χ2v) is 6.58. The number of amides is 2. The summed E-state index contributed by atoms with van der Waals surface area (Å²) in [6, 6.07) is 5.22. The van der Waals surface area contributed by atoms with Crippen LogP contribution < -0.4 is 10.9 Å². The first-order valence-corrected chi connectivity index (χ1v) is 8.24. The second kappa shape index (κ2) is 6.36. The molecule has 0 aliphatic heterocycles. The molecule has 6 heteroatoms. The Labute approximate surface area is 132 Å². The molecule has 116 valence electrons. The average Bonchev–Trinajstić information content (AvgIpc) is 3.06. The van der Waals surface area contributed by atoms with E-state index in [9.17, 15) is 9.59 Å². The van der Waals surface area contributed by atoms with Crippen LogP contribution in [0.2, 0.25) is 0 Å². The molecular formula is C16H18N2O3S. The summed E-state index contributed by atoms with van der Waals surface area (Å²) >= 11 is 1.52. The molecule has 22 heavy (non-hydrogen) atoms. The molecule has 2 N–H and O–H groups in total. The minimum Gasteiger partial charge on any atom is -0.456 e. The molecule has 0 spiro atoms. The summed E-state index contributed by atoms with van der Waals surface area (Å²) in [5, 5.41) is 0. The first kappa shape index (κ1) is 14.8. The Morgan fingerprint density at radius 2 is 1.86 bits per heavy atom. The standard InChI is InChI=1S/C16H18N2O3S/c1-10-7-8-12(21-10)15(19)17-18-16(20)14-9-11-5-3-2-4-6-13(11)22-14/h7-9H,2-6H2,1H3,(H,17,19)(H,18,20). The quantitative estimate of drug-likeness (QED) is 0.660. The van der Waals surface area contributed by atoms with Crippen molar-refractivity contribution in [3.05, 3.63) is 45.0 Å². The van der Waals surface area contributed by atoms with Crippen molar-refractivity contribution < 1.29 is 14.0 Å². The van der Waals surface area contributed by atoms with Gasteiger partial charge in [0.1, 0.15) is 5.76 Å². The van der Waals surface area contributed by atoms with Crippen LogP contribution in [0.15, 0.2) is 22.6 Å². The van der Waals surface area contributed by atoms with Crippen molar-refractivity contribution in [2.45, 2.75) is 39.0 Å². The van der Waals surface area contributed by atoms with Gasteiger partial charge in [0.25, 0.3) is 5.91 Å². The van der Waals surface area contributed by atoms with Crippen molar-refractivity contribution in [3.8, 4) is 0 Å². The molecule has 2 amide bonds. The van der Waals surface area contributed by atoms with Gasteiger partial charge < -0.3 is 4.42 Å². The zero-order valence-corrected chi connectivity index (χ0v) is 13.2. The summed E-state index contributed by atoms with van der Waals surface area (Å²) in [5.74, 6) is 0.0903. The molecule has 0 saturated carbocycles. The van der Waals surface area contributed by atoms with Crippen LogP contribution in [-0.4, -0.2) is 11.8 Å². The van der Waals surface area contributed by atoms with Crippen LogP contribution in [0.1, 0.15) is 55.7 Å². The highest BCUT2D eigenvalue weighted by Gasteiger charge is 2.17. The molecule has 0 fully saturated rings. The zero-order chi connectivity index (χ0) is 15.5. The van der Waals surface area contributed by atoms with Gasteiger partial charge in [-0.2, -0.15) is 0 Å². The van der Waals surface area contributed by atoms with Crippen molar-refractivity contribution in [1.29, 1.82) is 0 Å². The van der Waals surface area contributed by atoms with E-state index in [-0.39, 0.29) is 11.7 Å². The van der Waals surface area contributed by atoms with Crippen LogP contribution in [0, 0.1) is 6.92 Å². The Bertz CT molecular complexity index is 679. The van der Waals surface area contributed by atoms with Gasteiger partial charge in [0.05, 0.1) is 4.88 Å². The number of thiophene rings is 1. The third kappa shape index (κ3) is 3.22. The number of nitrogens with one attached hydrogen (secondary N) is 2. The van der Waals surface area contributed by atoms with E-state index < -0.39 is 5.91 Å². The third-order valence-corrected chi connectivity index (χ3v) is 4.96. The number of hydrogen-bond acceptors (Lipinski definition) is 4. The molecule has 0 radical (unpaired) electrons. The van der Waals surface area contributed by atoms with Gasteiger partial charge in [-0.3, -0.25) is 20.4 Å². The average molecular weight is 318 g/mol. The van der Waals surface area contributed by atoms with Gasteiger partial charge in [-0.05, 0) is 56.4 Å². The van der Waals surface area contributed by atoms with E-state index in [1.54, 1.807) is 19.1 Å². The van der Waals surface area contributed by atoms with Crippen LogP contribution in [0.4, 0.5) is 0 Å². The number of hydrazine groups is 1. The van der Waals surface area contributed by atoms with E-state index in [1.807, 2.05) is 6.07 Å². The van der Waals surface area contributed by atoms with Crippen molar-refractivity contribution in [2.75, 3.05) is 0 Å². The maximum atomic E-state index is 12.1. The van der Waals surface area contributed by atoms with Crippen molar-refractivity contribution in [2.24, 2.45) is 0 Å². The van der Waals surface area contributed by atoms with Crippen LogP contribution >= 0.6 is 11.3 Å². The van der Waals surface area contributed by atoms with E-state index in [2.05, 4.69) is 10.9 Å². The first-order chi connectivity index (χ1) is 10.6. The molecule has 0 saturated heterocycles. The van der Waals surface area contributed by atoms with E-state index in [1.165, 1.54) is 41.0 Å². The predicted molar refractivity (Wildman–Crippen MR) is 84.0 cm³/mol. The van der Waals surface area contributed by atoms with E-state index in [4.69, 9.17) is 4.42 Å². The molecule has 1 aliphatic carbocycles. The summed E-state index contributed by atoms with van der Waals surface area (Å²) in [4.78, 5) is 25.9. The number of hydrogen-bond donors (Lipinski definition) is 2. The molecule has 0 bridgehead atoms. The van der Waals surface area contributed by atoms with Gasteiger partial charge in [-0.1, -0.05) is 6.42 Å². The minimum atomic E-state index is -0.459. The van der Waals surface area contributed by atoms with Gasteiger partial charge in [0.2, 0.25) is 0 Å². The molecule has 5 nitrogen and oxygen atoms in total. The summed E-state index contributed by atoms with van der Waals surface area (Å²) in [6.07, 6.45) is 5.70. The van der Waals surface area contributed by atoms with Crippen molar-refractivity contribution in [3.63, 3.8) is 0 Å². The fourth-order valence-corrected chi connectivity index (χ4v) is 3.72. The lowest BCUT2D eigenvalue weighted by Gasteiger charge is -2.04. The largest absolute Gasteiger partial charge is 0.456 e. The number of furan rings is 1. The fourth-order valence-electron chi connectivity index (χ4n) is 2.57. The highest BCUT2D eigenvalue weighted by atomic mass is 32.1. The van der Waals surface area contributed by atoms with Gasteiger partial charge >= 0.3 is 5.91 Å². The second-order valence-electron chi connectivity index (χ2n) is 5.44. The smallest absolute Gasteiger partial charge is 0.305 e. The number of rotatable bonds is 2. The van der Waals surface area contributed by atoms with Gasteiger partial charge in [-0.25, -0.2) is 0 Å². The molecule has 2 aromatic rings. The predicted octanol–water partition coefficient (Wildman–Crippen LogP) is 2.99. The Morgan fingerprint density at radius 3 is 2.64 bits per heavy atom. The minimum absolute atomic E-state index is 0.180. The van der Waals surface area contributed by atoms with Crippen molar-refractivity contribution in [1.82, 2.24) is 10.9 Å². The van der Waals surface area contributed by atoms with Crippen LogP contribution in [-0.2, 0) is 12.8 Å². The monoisotopic (exact) mass is 318 g/mol. The lowest BCUT2D eigenvalue weighted by atomic mass is 10.1. The molecule has 2 heterocycles. The molecule has 0 unspecified atom stereocenters. The molecule has 0 aromatic carbocycles. The highest BCUT2D eigenvalue weighted by molar-refractivity contribution is 7.14. The SMILES string of the molecule is Cc1ccc(C(=O)NNC(=O)c2cc3c(s2)CCCCC3)o1. The lowest BCUT2D eigenvalue weighted by Crippen LogP contribution is -2.41. The third-order valence-electron chi connectivity index (χ3n) is 3.72. The number of carbonyl (C=O) groups excluding carboxylic acids is 2. The summed E-state index contributed by atoms with van der Waals surface area (Å²) in [6.45, 7) is 1.76. The molecule has 1 aliphatic rings. The van der Waals surface area contributed by atoms with Crippen LogP contribution in [0.5, 0.6) is 0 Å². The molecule has 3 rings (SSSR count). The summed E-state index contributed by atoms with van der Waals surface area (Å²) < 4.78 is 5.20. The maximum absolute atomic E-state index is 12.1. The maximum Gasteiger partial charge on any atom is 0.305 e. The van der Waals surface area contributed by atoms with Crippen molar-refractivity contribution >= 4 is 23.2 Å². The van der Waals surface area contributed by atoms with E-state index in [0.717, 1.165) is 12.8 Å². The Hall–Kier alpha value is -2.08. The topological polar surface area (TPSA) is 71.3 Å². The van der Waals surface area contributed by atoms with E-state index >= 15 is 0 Å². The van der Waals surface area contributed by atoms with E-state index in [0.29, 0.717) is 10.6 Å². The van der Waals surface area contributed by atoms with Crippen LogP contribution in [0.3, 0.4) is 0 Å². The summed E-state index contributed by atoms with van der Waals surface area (Å²) in [5.41, 5.74) is 6.10. The Kier molecular flexibility index (Phi) is 4.29. The summed E-state index contributed by atoms with van der Waals surface area (Å²) in [7, 11) is 0. The first-order valence-electron chi connectivity index (χ1n) is 7.42. The lowest BCUT2D eigenvalue weighted by molar-refractivity contribution is 0.0832. The van der Waals surface area contributed by atoms with Gasteiger partial charge in [-0.15, -0.1) is 11.3 Å². The Morgan fingerprint density at radius 1 is 1.09 bits per heavy atom. The van der Waals surface area contributed by atoms with Crippen LogP contribution in [0.25, 0.3) is 0 Å². The van der Waals surface area contributed by atoms with Gasteiger partial charge in [0.15, 0.2) is 5.76 Å². The number of aryl methyl sites for hydroxylation is 3. The number of carbonyl (C=O) groups is 2. The zero-order valence-electron chi connectivity index (χ0n) is 12.4. The Balaban J connectivity index is 1.61.